The number of hydrogen-bond acceptors (Lipinski definition) is 4. The van der Waals surface area contributed by atoms with Gasteiger partial charge in [0.1, 0.15) is 11.5 Å². The Hall–Kier alpha value is -1.26. The van der Waals surface area contributed by atoms with Gasteiger partial charge in [-0.05, 0) is 70.3 Å². The zero-order valence-corrected chi connectivity index (χ0v) is 26.5. The number of phenolic OH excluding ortho intramolecular Hbond substituents is 2. The van der Waals surface area contributed by atoms with Gasteiger partial charge in [-0.1, -0.05) is 83.1 Å². The Kier molecular flexibility index (Phi) is 9.66. The first-order chi connectivity index (χ1) is 16.2. The predicted molar refractivity (Wildman–Crippen MR) is 162 cm³/mol. The van der Waals surface area contributed by atoms with Gasteiger partial charge in [-0.15, -0.1) is 23.5 Å². The fourth-order valence-corrected chi connectivity index (χ4v) is 6.23. The zero-order chi connectivity index (χ0) is 27.7. The molecule has 36 heavy (non-hydrogen) atoms. The lowest BCUT2D eigenvalue weighted by Gasteiger charge is -2.28. The van der Waals surface area contributed by atoms with Crippen molar-refractivity contribution in [2.24, 2.45) is 0 Å². The first-order valence-corrected chi connectivity index (χ1v) is 15.2. The van der Waals surface area contributed by atoms with E-state index < -0.39 is 0 Å². The molecule has 2 aromatic carbocycles. The van der Waals surface area contributed by atoms with E-state index in [1.54, 1.807) is 0 Å². The molecule has 2 nitrogen and oxygen atoms in total. The lowest BCUT2D eigenvalue weighted by atomic mass is 9.79. The largest absolute Gasteiger partial charge is 0.507 e. The van der Waals surface area contributed by atoms with Crippen molar-refractivity contribution in [3.63, 3.8) is 0 Å². The van der Waals surface area contributed by atoms with Crippen LogP contribution in [0.25, 0.3) is 0 Å². The summed E-state index contributed by atoms with van der Waals surface area (Å²) in [6.07, 6.45) is 2.29. The van der Waals surface area contributed by atoms with E-state index in [-0.39, 0.29) is 21.7 Å². The zero-order valence-electron chi connectivity index (χ0n) is 24.8. The maximum absolute atomic E-state index is 11.0. The van der Waals surface area contributed by atoms with Crippen molar-refractivity contribution in [1.82, 2.24) is 0 Å². The number of aromatic hydroxyl groups is 2. The van der Waals surface area contributed by atoms with Crippen molar-refractivity contribution in [3.8, 4) is 11.5 Å². The van der Waals surface area contributed by atoms with Gasteiger partial charge < -0.3 is 10.2 Å². The van der Waals surface area contributed by atoms with Crippen LogP contribution >= 0.6 is 23.5 Å². The van der Waals surface area contributed by atoms with E-state index in [0.717, 1.165) is 46.6 Å². The van der Waals surface area contributed by atoms with Gasteiger partial charge in [-0.3, -0.25) is 0 Å². The van der Waals surface area contributed by atoms with Crippen molar-refractivity contribution < 1.29 is 10.2 Å². The third kappa shape index (κ3) is 8.12. The van der Waals surface area contributed by atoms with Crippen LogP contribution in [-0.2, 0) is 21.7 Å². The van der Waals surface area contributed by atoms with Crippen molar-refractivity contribution in [2.75, 3.05) is 11.5 Å². The fraction of sp³-hybridized carbons (Fsp3) is 0.625. The molecule has 2 aromatic rings. The van der Waals surface area contributed by atoms with Crippen LogP contribution in [0.2, 0.25) is 0 Å². The van der Waals surface area contributed by atoms with Crippen LogP contribution in [0.1, 0.15) is 118 Å². The molecular weight excluding hydrogens is 480 g/mol. The Morgan fingerprint density at radius 3 is 0.889 bits per heavy atom. The van der Waals surface area contributed by atoms with Crippen molar-refractivity contribution in [1.29, 1.82) is 0 Å². The summed E-state index contributed by atoms with van der Waals surface area (Å²) in [7, 11) is 0. The van der Waals surface area contributed by atoms with Crippen LogP contribution in [0.4, 0.5) is 0 Å². The quantitative estimate of drug-likeness (QED) is 0.276. The predicted octanol–water partition coefficient (Wildman–Crippen LogP) is 9.95. The minimum Gasteiger partial charge on any atom is -0.507 e. The summed E-state index contributed by atoms with van der Waals surface area (Å²) in [5, 5.41) is 21.9. The smallest absolute Gasteiger partial charge is 0.123 e. The number of rotatable bonds is 7. The van der Waals surface area contributed by atoms with E-state index in [4.69, 9.17) is 0 Å². The number of thioether (sulfide) groups is 2. The van der Waals surface area contributed by atoms with E-state index in [1.165, 1.54) is 9.79 Å². The van der Waals surface area contributed by atoms with Crippen molar-refractivity contribution >= 4 is 23.5 Å². The van der Waals surface area contributed by atoms with E-state index in [1.807, 2.05) is 23.5 Å². The van der Waals surface area contributed by atoms with E-state index >= 15 is 0 Å². The summed E-state index contributed by atoms with van der Waals surface area (Å²) >= 11 is 3.79. The number of phenols is 2. The third-order valence-electron chi connectivity index (χ3n) is 6.48. The molecule has 0 aliphatic heterocycles. The minimum atomic E-state index is -0.0980. The van der Waals surface area contributed by atoms with Gasteiger partial charge in [0.25, 0.3) is 0 Å². The van der Waals surface area contributed by atoms with E-state index in [0.29, 0.717) is 11.5 Å². The average molecular weight is 531 g/mol. The molecule has 0 heterocycles. The summed E-state index contributed by atoms with van der Waals surface area (Å²) in [6.45, 7) is 26.0. The Labute approximate surface area is 230 Å². The molecule has 0 bridgehead atoms. The van der Waals surface area contributed by atoms with Crippen LogP contribution in [-0.4, -0.2) is 21.7 Å². The molecule has 0 aliphatic carbocycles. The molecular formula is C32H50O2S2. The van der Waals surface area contributed by atoms with Gasteiger partial charge in [0.05, 0.1) is 0 Å². The first kappa shape index (κ1) is 31.0. The molecule has 0 aliphatic rings. The SMILES string of the molecule is CC(C)(C)c1cc(SCCCCSc2cc(C(C)(C)C)c(O)c(C(C)(C)C)c2)cc(C(C)(C)C)c1O. The van der Waals surface area contributed by atoms with Crippen LogP contribution < -0.4 is 0 Å². The summed E-state index contributed by atoms with van der Waals surface area (Å²) in [6, 6.07) is 8.73. The van der Waals surface area contributed by atoms with Crippen LogP contribution in [0.5, 0.6) is 11.5 Å². The number of benzene rings is 2. The third-order valence-corrected chi connectivity index (χ3v) is 8.60. The van der Waals surface area contributed by atoms with Gasteiger partial charge in [0.2, 0.25) is 0 Å². The monoisotopic (exact) mass is 530 g/mol. The highest BCUT2D eigenvalue weighted by Gasteiger charge is 2.28. The molecule has 0 radical (unpaired) electrons. The maximum Gasteiger partial charge on any atom is 0.123 e. The molecule has 0 unspecified atom stereocenters. The van der Waals surface area contributed by atoms with E-state index in [2.05, 4.69) is 107 Å². The second-order valence-electron chi connectivity index (χ2n) is 14.1. The standard InChI is InChI=1S/C32H50O2S2/c1-29(2,3)23-17-21(18-24(27(23)33)30(4,5)6)35-15-13-14-16-36-22-19-25(31(7,8)9)28(34)26(20-22)32(10,11)12/h17-20,33-34H,13-16H2,1-12H3. The summed E-state index contributed by atoms with van der Waals surface area (Å²) in [5.41, 5.74) is 3.74. The molecule has 0 saturated heterocycles. The Balaban J connectivity index is 2.06. The first-order valence-electron chi connectivity index (χ1n) is 13.2. The van der Waals surface area contributed by atoms with E-state index in [9.17, 15) is 10.2 Å². The highest BCUT2D eigenvalue weighted by atomic mass is 32.2. The van der Waals surface area contributed by atoms with Crippen LogP contribution in [0, 0.1) is 0 Å². The normalized spacial score (nSPS) is 13.3. The highest BCUT2D eigenvalue weighted by molar-refractivity contribution is 7.99. The average Bonchev–Trinajstić information content (AvgIpc) is 2.68. The highest BCUT2D eigenvalue weighted by Crippen LogP contribution is 2.43. The molecule has 0 fully saturated rings. The second kappa shape index (κ2) is 11.2. The molecule has 0 saturated carbocycles. The maximum atomic E-state index is 11.0. The molecule has 2 N–H and O–H groups in total. The number of unbranched alkanes of at least 4 members (excludes halogenated alkanes) is 1. The minimum absolute atomic E-state index is 0.0980. The summed E-state index contributed by atoms with van der Waals surface area (Å²) in [4.78, 5) is 2.50. The molecule has 4 heteroatoms. The van der Waals surface area contributed by atoms with Crippen LogP contribution in [0.15, 0.2) is 34.1 Å². The fourth-order valence-electron chi connectivity index (χ4n) is 4.25. The molecule has 0 atom stereocenters. The van der Waals surface area contributed by atoms with Gasteiger partial charge in [0, 0.05) is 32.0 Å². The Morgan fingerprint density at radius 1 is 0.472 bits per heavy atom. The summed E-state index contributed by atoms with van der Waals surface area (Å²) in [5.74, 6) is 3.03. The van der Waals surface area contributed by atoms with Crippen LogP contribution in [0.3, 0.4) is 0 Å². The lowest BCUT2D eigenvalue weighted by molar-refractivity contribution is 0.421. The van der Waals surface area contributed by atoms with Crippen molar-refractivity contribution in [2.45, 2.75) is 127 Å². The Morgan fingerprint density at radius 2 is 0.694 bits per heavy atom. The van der Waals surface area contributed by atoms with Gasteiger partial charge in [-0.2, -0.15) is 0 Å². The lowest BCUT2D eigenvalue weighted by Crippen LogP contribution is -2.17. The summed E-state index contributed by atoms with van der Waals surface area (Å²) < 4.78 is 0. The molecule has 0 spiro atoms. The molecule has 0 amide bonds. The Bertz CT molecular complexity index is 886. The number of hydrogen-bond donors (Lipinski definition) is 2. The molecule has 0 aromatic heterocycles. The van der Waals surface area contributed by atoms with Gasteiger partial charge >= 0.3 is 0 Å². The second-order valence-corrected chi connectivity index (χ2v) is 16.5. The van der Waals surface area contributed by atoms with Crippen molar-refractivity contribution in [3.05, 3.63) is 46.5 Å². The molecule has 2 rings (SSSR count). The topological polar surface area (TPSA) is 40.5 Å². The van der Waals surface area contributed by atoms with Gasteiger partial charge in [0.15, 0.2) is 0 Å². The van der Waals surface area contributed by atoms with Gasteiger partial charge in [-0.25, -0.2) is 0 Å². The molecule has 202 valence electrons.